The Morgan fingerprint density at radius 3 is 2.79 bits per heavy atom. The van der Waals surface area contributed by atoms with Gasteiger partial charge in [-0.2, -0.15) is 0 Å². The van der Waals surface area contributed by atoms with Crippen molar-refractivity contribution < 1.29 is 23.7 Å². The molecule has 230 valence electrons. The van der Waals surface area contributed by atoms with Crippen molar-refractivity contribution in [2.45, 2.75) is 72.3 Å². The topological polar surface area (TPSA) is 95.0 Å². The molecule has 0 bridgehead atoms. The summed E-state index contributed by atoms with van der Waals surface area (Å²) in [7, 11) is 1.72. The highest BCUT2D eigenvalue weighted by molar-refractivity contribution is 5.74. The summed E-state index contributed by atoms with van der Waals surface area (Å²) in [6.45, 7) is 13.5. The molecule has 5 rings (SSSR count). The molecule has 43 heavy (non-hydrogen) atoms. The number of piperidine rings is 1. The Morgan fingerprint density at radius 1 is 1.19 bits per heavy atom. The van der Waals surface area contributed by atoms with Crippen molar-refractivity contribution in [3.63, 3.8) is 0 Å². The third kappa shape index (κ3) is 7.28. The summed E-state index contributed by atoms with van der Waals surface area (Å²) < 4.78 is 23.9. The van der Waals surface area contributed by atoms with Crippen LogP contribution in [0.2, 0.25) is 0 Å². The number of para-hydroxylation sites is 1. The molecule has 1 aromatic heterocycles. The van der Waals surface area contributed by atoms with E-state index in [0.29, 0.717) is 38.7 Å². The number of hydrogen-bond acceptors (Lipinski definition) is 9. The first-order valence-corrected chi connectivity index (χ1v) is 15.2. The highest BCUT2D eigenvalue weighted by Gasteiger charge is 2.38. The number of anilines is 1. The normalized spacial score (nSPS) is 18.6. The molecule has 0 spiro atoms. The summed E-state index contributed by atoms with van der Waals surface area (Å²) in [5.74, 6) is 1.75. The van der Waals surface area contributed by atoms with Gasteiger partial charge in [0.2, 0.25) is 5.95 Å². The Morgan fingerprint density at radius 2 is 2.02 bits per heavy atom. The first kappa shape index (κ1) is 30.8. The van der Waals surface area contributed by atoms with Crippen molar-refractivity contribution in [1.82, 2.24) is 15.3 Å². The van der Waals surface area contributed by atoms with Crippen molar-refractivity contribution in [3.8, 4) is 22.8 Å². The molecule has 9 heteroatoms. The number of aryl methyl sites for hydroxylation is 1. The lowest BCUT2D eigenvalue weighted by Crippen LogP contribution is -2.49. The molecule has 1 fully saturated rings. The molecule has 3 aromatic rings. The first-order chi connectivity index (χ1) is 20.7. The van der Waals surface area contributed by atoms with E-state index in [2.05, 4.69) is 27.3 Å². The summed E-state index contributed by atoms with van der Waals surface area (Å²) in [5, 5.41) is 3.42. The molecule has 0 radical (unpaired) electrons. The molecule has 0 amide bonds. The van der Waals surface area contributed by atoms with Crippen LogP contribution in [0.1, 0.15) is 56.4 Å². The molecule has 1 saturated heterocycles. The van der Waals surface area contributed by atoms with Crippen molar-refractivity contribution in [2.75, 3.05) is 38.3 Å². The molecular formula is C34H44N4O5. The number of carbonyl (C=O) groups excluding carboxylic acids is 1. The van der Waals surface area contributed by atoms with Crippen LogP contribution in [-0.4, -0.2) is 61.0 Å². The van der Waals surface area contributed by atoms with E-state index in [4.69, 9.17) is 23.9 Å². The molecule has 0 unspecified atom stereocenters. The van der Waals surface area contributed by atoms with Gasteiger partial charge in [-0.1, -0.05) is 18.2 Å². The van der Waals surface area contributed by atoms with Crippen LogP contribution >= 0.6 is 0 Å². The monoisotopic (exact) mass is 588 g/mol. The molecule has 0 aliphatic carbocycles. The SMILES string of the molecule is CCO[C@H]1CN(c2nccc(-c3cccc(C)c3OCc3cc4c(c(OC)c3)CNCC4)n2)CC[C@H]1C(=O)OC(C)(C)C. The second-order valence-electron chi connectivity index (χ2n) is 12.2. The van der Waals surface area contributed by atoms with Gasteiger partial charge in [0.25, 0.3) is 0 Å². The number of nitrogens with one attached hydrogen (secondary N) is 1. The Kier molecular flexibility index (Phi) is 9.52. The van der Waals surface area contributed by atoms with E-state index in [1.165, 1.54) is 11.1 Å². The van der Waals surface area contributed by atoms with Gasteiger partial charge in [-0.05, 0) is 88.9 Å². The number of benzene rings is 2. The fraction of sp³-hybridized carbons (Fsp3) is 0.500. The van der Waals surface area contributed by atoms with Gasteiger partial charge in [-0.15, -0.1) is 0 Å². The van der Waals surface area contributed by atoms with Crippen molar-refractivity contribution in [3.05, 3.63) is 64.8 Å². The summed E-state index contributed by atoms with van der Waals surface area (Å²) in [6, 6.07) is 12.3. The fourth-order valence-corrected chi connectivity index (χ4v) is 5.87. The second kappa shape index (κ2) is 13.3. The Labute approximate surface area is 254 Å². The smallest absolute Gasteiger partial charge is 0.312 e. The zero-order valence-electron chi connectivity index (χ0n) is 26.2. The zero-order chi connectivity index (χ0) is 30.6. The summed E-state index contributed by atoms with van der Waals surface area (Å²) in [6.07, 6.45) is 3.05. The lowest BCUT2D eigenvalue weighted by Gasteiger charge is -2.38. The molecule has 3 heterocycles. The molecule has 9 nitrogen and oxygen atoms in total. The highest BCUT2D eigenvalue weighted by Crippen LogP contribution is 2.35. The molecule has 2 atom stereocenters. The first-order valence-electron chi connectivity index (χ1n) is 15.2. The molecule has 0 saturated carbocycles. The minimum Gasteiger partial charge on any atom is -0.496 e. The number of carbonyl (C=O) groups is 1. The van der Waals surface area contributed by atoms with E-state index < -0.39 is 5.60 Å². The number of ether oxygens (including phenoxy) is 4. The van der Waals surface area contributed by atoms with E-state index >= 15 is 0 Å². The Hall–Kier alpha value is -3.69. The van der Waals surface area contributed by atoms with Crippen molar-refractivity contribution in [2.24, 2.45) is 5.92 Å². The van der Waals surface area contributed by atoms with E-state index in [9.17, 15) is 4.79 Å². The van der Waals surface area contributed by atoms with Crippen LogP contribution in [0.3, 0.4) is 0 Å². The summed E-state index contributed by atoms with van der Waals surface area (Å²) in [5.41, 5.74) is 5.78. The van der Waals surface area contributed by atoms with E-state index in [1.54, 1.807) is 13.3 Å². The molecular weight excluding hydrogens is 544 g/mol. The lowest BCUT2D eigenvalue weighted by atomic mass is 9.93. The maximum atomic E-state index is 12.9. The van der Waals surface area contributed by atoms with E-state index in [-0.39, 0.29) is 18.0 Å². The lowest BCUT2D eigenvalue weighted by molar-refractivity contribution is -0.166. The van der Waals surface area contributed by atoms with Gasteiger partial charge in [0.15, 0.2) is 0 Å². The second-order valence-corrected chi connectivity index (χ2v) is 12.2. The average molecular weight is 589 g/mol. The minimum atomic E-state index is -0.542. The number of hydrogen-bond donors (Lipinski definition) is 1. The third-order valence-electron chi connectivity index (χ3n) is 7.90. The zero-order valence-corrected chi connectivity index (χ0v) is 26.2. The Bertz CT molecular complexity index is 1420. The summed E-state index contributed by atoms with van der Waals surface area (Å²) in [4.78, 5) is 24.6. The van der Waals surface area contributed by atoms with Gasteiger partial charge in [-0.3, -0.25) is 4.79 Å². The summed E-state index contributed by atoms with van der Waals surface area (Å²) >= 11 is 0. The maximum Gasteiger partial charge on any atom is 0.312 e. The van der Waals surface area contributed by atoms with Gasteiger partial charge in [0.05, 0.1) is 24.8 Å². The predicted octanol–water partition coefficient (Wildman–Crippen LogP) is 5.26. The molecule has 2 aliphatic rings. The van der Waals surface area contributed by atoms with Gasteiger partial charge < -0.3 is 29.2 Å². The van der Waals surface area contributed by atoms with Crippen molar-refractivity contribution in [1.29, 1.82) is 0 Å². The van der Waals surface area contributed by atoms with Crippen LogP contribution in [0.15, 0.2) is 42.6 Å². The van der Waals surface area contributed by atoms with Crippen LogP contribution in [0.5, 0.6) is 11.5 Å². The number of esters is 1. The minimum absolute atomic E-state index is 0.213. The largest absolute Gasteiger partial charge is 0.496 e. The Balaban J connectivity index is 1.35. The number of aromatic nitrogens is 2. The van der Waals surface area contributed by atoms with Crippen LogP contribution in [-0.2, 0) is 33.8 Å². The standard InChI is InChI=1S/C34H44N4O5/c1-7-41-30-20-38(16-13-26(30)32(39)43-34(3,4)5)33-36-15-12-28(37-33)25-10-8-9-22(2)31(25)42-21-23-17-24-11-14-35-19-27(24)29(18-23)40-6/h8-10,12,15,17-18,26,30,35H,7,11,13-14,16,19-21H2,1-6H3/t26-,30+/m1/s1. The quantitative estimate of drug-likeness (QED) is 0.336. The van der Waals surface area contributed by atoms with Gasteiger partial charge in [-0.25, -0.2) is 9.97 Å². The third-order valence-corrected chi connectivity index (χ3v) is 7.90. The van der Waals surface area contributed by atoms with Gasteiger partial charge in [0, 0.05) is 43.6 Å². The fourth-order valence-electron chi connectivity index (χ4n) is 5.87. The molecule has 2 aromatic carbocycles. The van der Waals surface area contributed by atoms with Crippen LogP contribution in [0.25, 0.3) is 11.3 Å². The van der Waals surface area contributed by atoms with Crippen molar-refractivity contribution >= 4 is 11.9 Å². The van der Waals surface area contributed by atoms with E-state index in [0.717, 1.165) is 53.4 Å². The maximum absolute atomic E-state index is 12.9. The number of methoxy groups -OCH3 is 1. The predicted molar refractivity (Wildman–Crippen MR) is 167 cm³/mol. The molecule has 2 aliphatic heterocycles. The number of nitrogens with zero attached hydrogens (tertiary/aromatic N) is 3. The van der Waals surface area contributed by atoms with E-state index in [1.807, 2.05) is 58.9 Å². The number of fused-ring (bicyclic) bond motifs is 1. The van der Waals surface area contributed by atoms with Gasteiger partial charge >= 0.3 is 5.97 Å². The number of rotatable bonds is 9. The average Bonchev–Trinajstić information content (AvgIpc) is 2.99. The highest BCUT2D eigenvalue weighted by atomic mass is 16.6. The molecule has 1 N–H and O–H groups in total. The van der Waals surface area contributed by atoms with Crippen LogP contribution in [0, 0.1) is 12.8 Å². The van der Waals surface area contributed by atoms with Crippen LogP contribution in [0.4, 0.5) is 5.95 Å². The van der Waals surface area contributed by atoms with Crippen LogP contribution < -0.4 is 19.7 Å². The van der Waals surface area contributed by atoms with Gasteiger partial charge in [0.1, 0.15) is 23.7 Å².